The zero-order valence-corrected chi connectivity index (χ0v) is 14.9. The van der Waals surface area contributed by atoms with Gasteiger partial charge in [0.2, 0.25) is 11.6 Å². The number of benzene rings is 3. The highest BCUT2D eigenvalue weighted by Gasteiger charge is 2.15. The van der Waals surface area contributed by atoms with Crippen LogP contribution in [0.3, 0.4) is 0 Å². The number of hydrogen-bond donors (Lipinski definition) is 1. The molecule has 0 unspecified atom stereocenters. The number of para-hydroxylation sites is 1. The van der Waals surface area contributed by atoms with Gasteiger partial charge in [-0.1, -0.05) is 23.8 Å². The smallest absolute Gasteiger partial charge is 0.311 e. The molecule has 28 heavy (non-hydrogen) atoms. The van der Waals surface area contributed by atoms with Gasteiger partial charge in [0.25, 0.3) is 0 Å². The summed E-state index contributed by atoms with van der Waals surface area (Å²) in [5, 5.41) is 20.9. The molecule has 4 aromatic rings. The summed E-state index contributed by atoms with van der Waals surface area (Å²) in [7, 11) is 0. The number of phenolic OH excluding ortho intramolecular Hbond substituents is 1. The standard InChI is InChI=1S/C21H15N3O4/c1-13-5-7-14(8-6-13)21-23-17-11-16(9-10-19(17)28-21)22-12-15-3-2-4-18(20(15)25)24(26)27/h2-12,25H,1H3. The van der Waals surface area contributed by atoms with Gasteiger partial charge >= 0.3 is 5.69 Å². The topological polar surface area (TPSA) is 102 Å². The van der Waals surface area contributed by atoms with Crippen molar-refractivity contribution in [3.8, 4) is 17.2 Å². The largest absolute Gasteiger partial charge is 0.502 e. The number of aryl methyl sites for hydroxylation is 1. The predicted octanol–water partition coefficient (Wildman–Crippen LogP) is 5.17. The van der Waals surface area contributed by atoms with Crippen molar-refractivity contribution >= 4 is 28.7 Å². The maximum absolute atomic E-state index is 10.9. The summed E-state index contributed by atoms with van der Waals surface area (Å²) in [6.45, 7) is 2.01. The van der Waals surface area contributed by atoms with Gasteiger partial charge in [0.1, 0.15) is 5.52 Å². The fourth-order valence-electron chi connectivity index (χ4n) is 2.76. The van der Waals surface area contributed by atoms with E-state index in [1.54, 1.807) is 24.3 Å². The second kappa shape index (κ2) is 6.96. The van der Waals surface area contributed by atoms with Crippen molar-refractivity contribution in [2.45, 2.75) is 6.92 Å². The Kier molecular flexibility index (Phi) is 4.33. The van der Waals surface area contributed by atoms with Gasteiger partial charge in [0.15, 0.2) is 5.58 Å². The first kappa shape index (κ1) is 17.4. The zero-order chi connectivity index (χ0) is 19.7. The number of phenols is 1. The molecule has 0 saturated heterocycles. The Morgan fingerprint density at radius 3 is 2.68 bits per heavy atom. The molecule has 1 heterocycles. The molecule has 0 aliphatic rings. The van der Waals surface area contributed by atoms with Gasteiger partial charge in [-0.15, -0.1) is 0 Å². The average Bonchev–Trinajstić information content (AvgIpc) is 3.11. The van der Waals surface area contributed by atoms with Crippen LogP contribution in [0.1, 0.15) is 11.1 Å². The molecule has 0 fully saturated rings. The quantitative estimate of drug-likeness (QED) is 0.302. The maximum Gasteiger partial charge on any atom is 0.311 e. The van der Waals surface area contributed by atoms with Crippen LogP contribution in [0.25, 0.3) is 22.6 Å². The van der Waals surface area contributed by atoms with Crippen molar-refractivity contribution in [3.63, 3.8) is 0 Å². The second-order valence-electron chi connectivity index (χ2n) is 6.27. The van der Waals surface area contributed by atoms with Crippen LogP contribution in [0, 0.1) is 17.0 Å². The van der Waals surface area contributed by atoms with Crippen molar-refractivity contribution in [1.82, 2.24) is 4.98 Å². The van der Waals surface area contributed by atoms with E-state index in [4.69, 9.17) is 4.42 Å². The van der Waals surface area contributed by atoms with E-state index in [9.17, 15) is 15.2 Å². The molecule has 1 aromatic heterocycles. The minimum Gasteiger partial charge on any atom is -0.502 e. The lowest BCUT2D eigenvalue weighted by molar-refractivity contribution is -0.385. The Bertz CT molecular complexity index is 1210. The van der Waals surface area contributed by atoms with Crippen LogP contribution in [0.4, 0.5) is 11.4 Å². The monoisotopic (exact) mass is 373 g/mol. The third-order valence-electron chi connectivity index (χ3n) is 4.27. The first-order valence-electron chi connectivity index (χ1n) is 8.49. The Morgan fingerprint density at radius 2 is 1.93 bits per heavy atom. The number of hydrogen-bond acceptors (Lipinski definition) is 6. The molecule has 7 nitrogen and oxygen atoms in total. The molecule has 0 saturated carbocycles. The minimum absolute atomic E-state index is 0.259. The summed E-state index contributed by atoms with van der Waals surface area (Å²) < 4.78 is 5.79. The molecule has 3 aromatic carbocycles. The van der Waals surface area contributed by atoms with Crippen LogP contribution >= 0.6 is 0 Å². The average molecular weight is 373 g/mol. The van der Waals surface area contributed by atoms with Crippen LogP contribution in [0.15, 0.2) is 70.1 Å². The molecule has 0 aliphatic heterocycles. The first-order valence-corrected chi connectivity index (χ1v) is 8.49. The molecule has 7 heteroatoms. The van der Waals surface area contributed by atoms with E-state index in [-0.39, 0.29) is 11.3 Å². The lowest BCUT2D eigenvalue weighted by atomic mass is 10.1. The molecule has 0 amide bonds. The molecular weight excluding hydrogens is 358 g/mol. The Morgan fingerprint density at radius 1 is 1.14 bits per heavy atom. The Labute approximate surface area is 159 Å². The minimum atomic E-state index is -0.638. The third kappa shape index (κ3) is 3.33. The molecule has 138 valence electrons. The highest BCUT2D eigenvalue weighted by atomic mass is 16.6. The lowest BCUT2D eigenvalue weighted by Gasteiger charge is -1.99. The summed E-state index contributed by atoms with van der Waals surface area (Å²) in [5.74, 6) is 0.105. The van der Waals surface area contributed by atoms with Gasteiger partial charge < -0.3 is 9.52 Å². The van der Waals surface area contributed by atoms with E-state index >= 15 is 0 Å². The number of nitro groups is 1. The molecular formula is C21H15N3O4. The normalized spacial score (nSPS) is 11.3. The summed E-state index contributed by atoms with van der Waals surface area (Å²) in [5.41, 5.74) is 3.80. The Balaban J connectivity index is 1.65. The van der Waals surface area contributed by atoms with Crippen molar-refractivity contribution < 1.29 is 14.4 Å². The van der Waals surface area contributed by atoms with Crippen LogP contribution in [0.5, 0.6) is 5.75 Å². The van der Waals surface area contributed by atoms with Crippen LogP contribution in [-0.2, 0) is 0 Å². The molecule has 0 aliphatic carbocycles. The zero-order valence-electron chi connectivity index (χ0n) is 14.9. The van der Waals surface area contributed by atoms with Crippen molar-refractivity contribution in [2.75, 3.05) is 0 Å². The molecule has 0 atom stereocenters. The number of aromatic nitrogens is 1. The maximum atomic E-state index is 10.9. The summed E-state index contributed by atoms with van der Waals surface area (Å²) in [6.07, 6.45) is 1.38. The number of fused-ring (bicyclic) bond motifs is 1. The van der Waals surface area contributed by atoms with E-state index in [0.717, 1.165) is 11.1 Å². The van der Waals surface area contributed by atoms with Crippen molar-refractivity contribution in [3.05, 3.63) is 81.9 Å². The van der Waals surface area contributed by atoms with Gasteiger partial charge in [-0.3, -0.25) is 15.1 Å². The third-order valence-corrected chi connectivity index (χ3v) is 4.27. The van der Waals surface area contributed by atoms with E-state index in [0.29, 0.717) is 22.7 Å². The molecule has 0 spiro atoms. The lowest BCUT2D eigenvalue weighted by Crippen LogP contribution is -1.91. The number of nitro benzene ring substituents is 1. The molecule has 4 rings (SSSR count). The first-order chi connectivity index (χ1) is 13.5. The molecule has 1 N–H and O–H groups in total. The number of aromatic hydroxyl groups is 1. The van der Waals surface area contributed by atoms with Gasteiger partial charge in [0, 0.05) is 23.4 Å². The highest BCUT2D eigenvalue weighted by molar-refractivity contribution is 5.88. The van der Waals surface area contributed by atoms with Gasteiger partial charge in [-0.25, -0.2) is 4.98 Å². The fourth-order valence-corrected chi connectivity index (χ4v) is 2.76. The van der Waals surface area contributed by atoms with Gasteiger partial charge in [0.05, 0.1) is 10.6 Å². The van der Waals surface area contributed by atoms with Crippen molar-refractivity contribution in [1.29, 1.82) is 0 Å². The SMILES string of the molecule is Cc1ccc(-c2nc3cc(N=Cc4cccc([N+](=O)[O-])c4O)ccc3o2)cc1. The summed E-state index contributed by atoms with van der Waals surface area (Å²) >= 11 is 0. The van der Waals surface area contributed by atoms with E-state index in [1.165, 1.54) is 18.3 Å². The van der Waals surface area contributed by atoms with Gasteiger partial charge in [-0.05, 0) is 43.3 Å². The highest BCUT2D eigenvalue weighted by Crippen LogP contribution is 2.30. The van der Waals surface area contributed by atoms with Crippen LogP contribution in [-0.4, -0.2) is 21.2 Å². The molecule has 0 bridgehead atoms. The number of oxazole rings is 1. The van der Waals surface area contributed by atoms with E-state index in [2.05, 4.69) is 9.98 Å². The number of nitrogens with zero attached hydrogens (tertiary/aromatic N) is 3. The van der Waals surface area contributed by atoms with Gasteiger partial charge in [-0.2, -0.15) is 0 Å². The van der Waals surface area contributed by atoms with Crippen LogP contribution in [0.2, 0.25) is 0 Å². The number of rotatable bonds is 4. The summed E-state index contributed by atoms with van der Waals surface area (Å²) in [6, 6.07) is 17.4. The summed E-state index contributed by atoms with van der Waals surface area (Å²) in [4.78, 5) is 19.1. The van der Waals surface area contributed by atoms with Crippen LogP contribution < -0.4 is 0 Å². The van der Waals surface area contributed by atoms with E-state index < -0.39 is 10.7 Å². The van der Waals surface area contributed by atoms with Crippen molar-refractivity contribution in [2.24, 2.45) is 4.99 Å². The fraction of sp³-hybridized carbons (Fsp3) is 0.0476. The second-order valence-corrected chi connectivity index (χ2v) is 6.27. The predicted molar refractivity (Wildman–Crippen MR) is 106 cm³/mol. The van der Waals surface area contributed by atoms with E-state index in [1.807, 2.05) is 31.2 Å². The number of aliphatic imine (C=N–C) groups is 1. The Hall–Kier alpha value is -4.00. The molecule has 0 radical (unpaired) electrons.